The summed E-state index contributed by atoms with van der Waals surface area (Å²) in [6.45, 7) is 0. The zero-order valence-electron chi connectivity index (χ0n) is 2.12. The van der Waals surface area contributed by atoms with Gasteiger partial charge in [0, 0.05) is 41.9 Å². The molecule has 0 amide bonds. The first-order valence-corrected chi connectivity index (χ1v) is 5.81. The van der Waals surface area contributed by atoms with Crippen molar-refractivity contribution >= 4 is 8.65 Å². The van der Waals surface area contributed by atoms with E-state index >= 15 is 0 Å². The molecular weight excluding hydrogens is 318 g/mol. The van der Waals surface area contributed by atoms with E-state index in [2.05, 4.69) is 8.65 Å². The van der Waals surface area contributed by atoms with Crippen LogP contribution < -0.4 is 0 Å². The van der Waals surface area contributed by atoms with Crippen molar-refractivity contribution in [3.8, 4) is 0 Å². The fourth-order valence-electron chi connectivity index (χ4n) is 0. The van der Waals surface area contributed by atoms with Crippen LogP contribution in [-0.2, 0) is 65.5 Å². The molecular formula is AgCdSZn. The van der Waals surface area contributed by atoms with Gasteiger partial charge in [-0.25, -0.2) is 0 Å². The molecule has 0 aromatic carbocycles. The Hall–Kier alpha value is 2.51. The summed E-state index contributed by atoms with van der Waals surface area (Å²) in [5.74, 6) is 0. The molecule has 0 bridgehead atoms. The van der Waals surface area contributed by atoms with Gasteiger partial charge in [0.05, 0.1) is 0 Å². The third-order valence-electron chi connectivity index (χ3n) is 0. The summed E-state index contributed by atoms with van der Waals surface area (Å²) in [4.78, 5) is 0. The van der Waals surface area contributed by atoms with Crippen molar-refractivity contribution in [3.63, 3.8) is 0 Å². The maximum Gasteiger partial charge on any atom is 0 e. The molecule has 0 spiro atoms. The first kappa shape index (κ1) is 16.0. The normalized spacial score (nSPS) is 1.50. The van der Waals surface area contributed by atoms with Gasteiger partial charge in [-0.1, -0.05) is 0 Å². The standard InChI is InChI=1S/Ag.Cd.S.Zn. The van der Waals surface area contributed by atoms with Crippen LogP contribution in [0.2, 0.25) is 0 Å². The molecule has 21 valence electrons. The summed E-state index contributed by atoms with van der Waals surface area (Å²) in [5.41, 5.74) is 0. The Bertz CT molecular complexity index is 8.00. The van der Waals surface area contributed by atoms with Crippen molar-refractivity contribution in [2.75, 3.05) is 0 Å². The molecule has 0 rings (SSSR count). The van der Waals surface area contributed by atoms with Crippen LogP contribution >= 0.6 is 8.65 Å². The molecule has 0 saturated carbocycles. The van der Waals surface area contributed by atoms with Crippen molar-refractivity contribution in [1.29, 1.82) is 0 Å². The quantitative estimate of drug-likeness (QED) is 0.591. The Morgan fingerprint density at radius 1 is 1.25 bits per heavy atom. The third kappa shape index (κ3) is 8.82. The molecule has 0 aromatic rings. The summed E-state index contributed by atoms with van der Waals surface area (Å²) in [5, 5.41) is 0. The van der Waals surface area contributed by atoms with Gasteiger partial charge in [0.25, 0.3) is 0 Å². The van der Waals surface area contributed by atoms with E-state index < -0.39 is 0 Å². The minimum absolute atomic E-state index is 0. The van der Waals surface area contributed by atoms with E-state index in [9.17, 15) is 0 Å². The van der Waals surface area contributed by atoms with Gasteiger partial charge in [0.2, 0.25) is 0 Å². The van der Waals surface area contributed by atoms with E-state index in [0.29, 0.717) is 0 Å². The Kier molecular flexibility index (Phi) is 71.4. The smallest absolute Gasteiger partial charge is 0 e. The molecule has 0 aliphatic carbocycles. The van der Waals surface area contributed by atoms with Crippen molar-refractivity contribution in [3.05, 3.63) is 0 Å². The predicted octanol–water partition coefficient (Wildman–Crippen LogP) is 0.641. The van der Waals surface area contributed by atoms with Crippen LogP contribution in [0.5, 0.6) is 0 Å². The molecule has 0 atom stereocenters. The molecule has 0 saturated heterocycles. The van der Waals surface area contributed by atoms with Crippen LogP contribution in [0.15, 0.2) is 0 Å². The molecule has 4 heteroatoms. The van der Waals surface area contributed by atoms with Gasteiger partial charge in [-0.3, -0.25) is 0 Å². The molecule has 0 aliphatic rings. The van der Waals surface area contributed by atoms with Crippen molar-refractivity contribution in [2.24, 2.45) is 0 Å². The van der Waals surface area contributed by atoms with Gasteiger partial charge in [-0.15, -0.1) is 0 Å². The molecule has 0 aromatic heterocycles. The second-order valence-corrected chi connectivity index (χ2v) is 0. The van der Waals surface area contributed by atoms with Crippen LogP contribution in [0.1, 0.15) is 0 Å². The van der Waals surface area contributed by atoms with E-state index in [0.717, 1.165) is 23.7 Å². The zero-order chi connectivity index (χ0) is 2.00. The monoisotopic (exact) mass is 317 g/mol. The maximum atomic E-state index is 4.25. The molecule has 0 aliphatic heterocycles. The van der Waals surface area contributed by atoms with Crippen LogP contribution in [0, 0.1) is 0 Å². The number of hydrogen-bond donors (Lipinski definition) is 0. The average Bonchev–Trinajstić information content (AvgIpc) is 1.00. The molecule has 0 nitrogen and oxygen atoms in total. The van der Waals surface area contributed by atoms with Gasteiger partial charge in [0.15, 0.2) is 0 Å². The summed E-state index contributed by atoms with van der Waals surface area (Å²) in [6, 6.07) is 0. The van der Waals surface area contributed by atoms with Crippen molar-refractivity contribution in [2.45, 2.75) is 0 Å². The fraction of sp³-hybridized carbons (Fsp3) is 0. The van der Waals surface area contributed by atoms with Crippen LogP contribution in [-0.4, -0.2) is 0 Å². The third-order valence-corrected chi connectivity index (χ3v) is 0. The first-order chi connectivity index (χ1) is 1.00. The summed E-state index contributed by atoms with van der Waals surface area (Å²) in [7, 11) is 4.25. The molecule has 1 radical (unpaired) electrons. The Morgan fingerprint density at radius 2 is 1.25 bits per heavy atom. The van der Waals surface area contributed by atoms with Crippen molar-refractivity contribution < 1.29 is 65.5 Å². The number of hydrogen-bond acceptors (Lipinski definition) is 1. The first-order valence-electron chi connectivity index (χ1n) is 0.289. The van der Waals surface area contributed by atoms with Crippen molar-refractivity contribution in [1.82, 2.24) is 0 Å². The Labute approximate surface area is 72.9 Å². The fourth-order valence-corrected chi connectivity index (χ4v) is 0. The van der Waals surface area contributed by atoms with E-state index in [1.807, 2.05) is 0 Å². The molecule has 0 fully saturated rings. The maximum absolute atomic E-state index is 4.25. The van der Waals surface area contributed by atoms with Gasteiger partial charge in [0.1, 0.15) is 0 Å². The summed E-state index contributed by atoms with van der Waals surface area (Å²) >= 11 is 0.733. The summed E-state index contributed by atoms with van der Waals surface area (Å²) in [6.07, 6.45) is 0. The Balaban J connectivity index is -0.00000000500. The second-order valence-electron chi connectivity index (χ2n) is 0. The molecule has 0 heterocycles. The molecule has 0 N–H and O–H groups in total. The largest absolute Gasteiger partial charge is 0 e. The van der Waals surface area contributed by atoms with E-state index in [-0.39, 0.29) is 41.9 Å². The predicted molar refractivity (Wildman–Crippen MR) is 7.59 cm³/mol. The average molecular weight is 318 g/mol. The minimum atomic E-state index is 0. The molecule has 4 heavy (non-hydrogen) atoms. The van der Waals surface area contributed by atoms with Gasteiger partial charge < -0.3 is 0 Å². The van der Waals surface area contributed by atoms with Gasteiger partial charge in [-0.2, -0.15) is 0 Å². The van der Waals surface area contributed by atoms with Gasteiger partial charge >= 0.3 is 32.3 Å². The Morgan fingerprint density at radius 3 is 1.25 bits per heavy atom. The minimum Gasteiger partial charge on any atom is 0 e. The van der Waals surface area contributed by atoms with Gasteiger partial charge in [-0.05, 0) is 0 Å². The molecule has 0 unspecified atom stereocenters. The van der Waals surface area contributed by atoms with Crippen LogP contribution in [0.3, 0.4) is 0 Å². The van der Waals surface area contributed by atoms with E-state index in [1.54, 1.807) is 0 Å². The zero-order valence-corrected chi connectivity index (χ0v) is 11.4. The summed E-state index contributed by atoms with van der Waals surface area (Å²) < 4.78 is 0. The topological polar surface area (TPSA) is 0 Å². The van der Waals surface area contributed by atoms with Crippen LogP contribution in [0.25, 0.3) is 0 Å². The van der Waals surface area contributed by atoms with E-state index in [4.69, 9.17) is 0 Å². The van der Waals surface area contributed by atoms with E-state index in [1.165, 1.54) is 0 Å². The van der Waals surface area contributed by atoms with Crippen LogP contribution in [0.4, 0.5) is 0 Å². The second kappa shape index (κ2) is 17.8. The number of rotatable bonds is 0. The SMILES string of the molecule is [Ag].[S]=[Cd].[Zn].